The second-order valence-corrected chi connectivity index (χ2v) is 5.97. The molecule has 0 aliphatic carbocycles. The summed E-state index contributed by atoms with van der Waals surface area (Å²) in [6, 6.07) is -0.459. The minimum atomic E-state index is -0.404. The van der Waals surface area contributed by atoms with Gasteiger partial charge in [0.1, 0.15) is 6.04 Å². The van der Waals surface area contributed by atoms with Crippen molar-refractivity contribution in [2.45, 2.75) is 58.2 Å². The van der Waals surface area contributed by atoms with E-state index in [1.807, 2.05) is 25.7 Å². The van der Waals surface area contributed by atoms with Crippen molar-refractivity contribution in [2.75, 3.05) is 13.2 Å². The first-order chi connectivity index (χ1) is 8.99. The van der Waals surface area contributed by atoms with Crippen LogP contribution in [0, 0.1) is 5.92 Å². The molecule has 0 aromatic heterocycles. The van der Waals surface area contributed by atoms with Gasteiger partial charge in [0, 0.05) is 25.6 Å². The number of carbonyl (C=O) groups excluding carboxylic acids is 2. The molecular weight excluding hydrogens is 244 g/mol. The van der Waals surface area contributed by atoms with Crippen molar-refractivity contribution in [3.63, 3.8) is 0 Å². The number of carbonyl (C=O) groups is 2. The Morgan fingerprint density at radius 1 is 1.42 bits per heavy atom. The molecule has 5 heteroatoms. The maximum atomic E-state index is 12.6. The summed E-state index contributed by atoms with van der Waals surface area (Å²) in [5.41, 5.74) is 0. The molecule has 19 heavy (non-hydrogen) atoms. The third-order valence-corrected chi connectivity index (χ3v) is 3.97. The van der Waals surface area contributed by atoms with Crippen molar-refractivity contribution in [3.8, 4) is 0 Å². The van der Waals surface area contributed by atoms with Crippen molar-refractivity contribution >= 4 is 11.8 Å². The second-order valence-electron chi connectivity index (χ2n) is 5.97. The van der Waals surface area contributed by atoms with Gasteiger partial charge in [0.05, 0.1) is 6.10 Å². The minimum absolute atomic E-state index is 0.0313. The normalized spacial score (nSPS) is 32.6. The van der Waals surface area contributed by atoms with Gasteiger partial charge >= 0.3 is 0 Å². The minimum Gasteiger partial charge on any atom is -0.376 e. The zero-order valence-corrected chi connectivity index (χ0v) is 12.0. The highest BCUT2D eigenvalue weighted by Crippen LogP contribution is 2.20. The van der Waals surface area contributed by atoms with E-state index in [2.05, 4.69) is 5.32 Å². The molecule has 2 aliphatic heterocycles. The largest absolute Gasteiger partial charge is 0.376 e. The predicted molar refractivity (Wildman–Crippen MR) is 71.5 cm³/mol. The SMILES string of the molecule is CC(C)C1NC(=O)CC(C)N(CC2CCCO2)C1=O. The Morgan fingerprint density at radius 3 is 2.74 bits per heavy atom. The van der Waals surface area contributed by atoms with E-state index in [0.29, 0.717) is 13.0 Å². The maximum absolute atomic E-state index is 12.6. The smallest absolute Gasteiger partial charge is 0.245 e. The lowest BCUT2D eigenvalue weighted by atomic mass is 10.0. The molecule has 0 spiro atoms. The van der Waals surface area contributed by atoms with E-state index in [9.17, 15) is 9.59 Å². The Bertz CT molecular complexity index is 351. The first-order valence-corrected chi connectivity index (χ1v) is 7.20. The topological polar surface area (TPSA) is 58.6 Å². The average molecular weight is 268 g/mol. The Kier molecular flexibility index (Phi) is 4.45. The number of ether oxygens (including phenoxy) is 1. The fourth-order valence-electron chi connectivity index (χ4n) is 2.80. The Hall–Kier alpha value is -1.10. The van der Waals surface area contributed by atoms with E-state index in [1.165, 1.54) is 0 Å². The molecule has 3 unspecified atom stereocenters. The van der Waals surface area contributed by atoms with E-state index in [0.717, 1.165) is 19.4 Å². The fourth-order valence-corrected chi connectivity index (χ4v) is 2.80. The molecule has 2 saturated heterocycles. The van der Waals surface area contributed by atoms with E-state index < -0.39 is 6.04 Å². The summed E-state index contributed by atoms with van der Waals surface area (Å²) in [7, 11) is 0. The van der Waals surface area contributed by atoms with Crippen LogP contribution < -0.4 is 5.32 Å². The van der Waals surface area contributed by atoms with E-state index in [-0.39, 0.29) is 29.9 Å². The van der Waals surface area contributed by atoms with Gasteiger partial charge in [0.15, 0.2) is 0 Å². The van der Waals surface area contributed by atoms with Crippen molar-refractivity contribution in [2.24, 2.45) is 5.92 Å². The lowest BCUT2D eigenvalue weighted by molar-refractivity contribution is -0.137. The molecule has 0 radical (unpaired) electrons. The molecular formula is C14H24N2O3. The number of hydrogen-bond acceptors (Lipinski definition) is 3. The van der Waals surface area contributed by atoms with Crippen LogP contribution in [0.5, 0.6) is 0 Å². The third-order valence-electron chi connectivity index (χ3n) is 3.97. The van der Waals surface area contributed by atoms with E-state index >= 15 is 0 Å². The number of nitrogens with zero attached hydrogens (tertiary/aromatic N) is 1. The molecule has 2 aliphatic rings. The van der Waals surface area contributed by atoms with Gasteiger partial charge in [-0.15, -0.1) is 0 Å². The van der Waals surface area contributed by atoms with Gasteiger partial charge in [0.2, 0.25) is 11.8 Å². The summed E-state index contributed by atoms with van der Waals surface area (Å²) in [6.45, 7) is 7.26. The molecule has 0 aromatic carbocycles. The molecule has 108 valence electrons. The van der Waals surface area contributed by atoms with Gasteiger partial charge in [0.25, 0.3) is 0 Å². The Morgan fingerprint density at radius 2 is 2.16 bits per heavy atom. The van der Waals surface area contributed by atoms with Crippen LogP contribution in [0.1, 0.15) is 40.0 Å². The van der Waals surface area contributed by atoms with Crippen LogP contribution in [0.4, 0.5) is 0 Å². The molecule has 2 fully saturated rings. The summed E-state index contributed by atoms with van der Waals surface area (Å²) in [5.74, 6) is 0.104. The Balaban J connectivity index is 2.12. The molecule has 2 heterocycles. The van der Waals surface area contributed by atoms with Gasteiger partial charge in [-0.25, -0.2) is 0 Å². The monoisotopic (exact) mass is 268 g/mol. The van der Waals surface area contributed by atoms with Crippen molar-refractivity contribution in [1.29, 1.82) is 0 Å². The van der Waals surface area contributed by atoms with Gasteiger partial charge in [-0.2, -0.15) is 0 Å². The lowest BCUT2D eigenvalue weighted by Crippen LogP contribution is -2.50. The van der Waals surface area contributed by atoms with Gasteiger partial charge < -0.3 is 15.0 Å². The van der Waals surface area contributed by atoms with Crippen molar-refractivity contribution in [3.05, 3.63) is 0 Å². The summed E-state index contributed by atoms with van der Waals surface area (Å²) in [5, 5.41) is 2.84. The van der Waals surface area contributed by atoms with Crippen molar-refractivity contribution < 1.29 is 14.3 Å². The number of hydrogen-bond donors (Lipinski definition) is 1. The van der Waals surface area contributed by atoms with Gasteiger partial charge in [-0.3, -0.25) is 9.59 Å². The first-order valence-electron chi connectivity index (χ1n) is 7.20. The number of rotatable bonds is 3. The molecule has 5 nitrogen and oxygen atoms in total. The van der Waals surface area contributed by atoms with Crippen molar-refractivity contribution in [1.82, 2.24) is 10.2 Å². The quantitative estimate of drug-likeness (QED) is 0.828. The highest BCUT2D eigenvalue weighted by atomic mass is 16.5. The Labute approximate surface area is 114 Å². The fraction of sp³-hybridized carbons (Fsp3) is 0.857. The van der Waals surface area contributed by atoms with Crippen LogP contribution in [0.3, 0.4) is 0 Å². The summed E-state index contributed by atoms with van der Waals surface area (Å²) in [6.07, 6.45) is 2.57. The zero-order valence-electron chi connectivity index (χ0n) is 12.0. The van der Waals surface area contributed by atoms with Crippen LogP contribution in [-0.4, -0.2) is 48.1 Å². The highest BCUT2D eigenvalue weighted by Gasteiger charge is 2.36. The van der Waals surface area contributed by atoms with Crippen LogP contribution in [0.2, 0.25) is 0 Å². The van der Waals surface area contributed by atoms with E-state index in [1.54, 1.807) is 0 Å². The maximum Gasteiger partial charge on any atom is 0.245 e. The standard InChI is InChI=1S/C14H24N2O3/c1-9(2)13-14(18)16(8-11-5-4-6-19-11)10(3)7-12(17)15-13/h9-11,13H,4-8H2,1-3H3,(H,15,17). The predicted octanol–water partition coefficient (Wildman–Crippen LogP) is 0.927. The molecule has 0 aromatic rings. The van der Waals surface area contributed by atoms with Gasteiger partial charge in [-0.1, -0.05) is 13.8 Å². The molecule has 3 atom stereocenters. The molecule has 1 N–H and O–H groups in total. The first kappa shape index (κ1) is 14.3. The van der Waals surface area contributed by atoms with Gasteiger partial charge in [-0.05, 0) is 25.7 Å². The highest BCUT2D eigenvalue weighted by molar-refractivity contribution is 5.90. The van der Waals surface area contributed by atoms with Crippen LogP contribution in [-0.2, 0) is 14.3 Å². The second kappa shape index (κ2) is 5.90. The number of amides is 2. The molecule has 2 rings (SSSR count). The van der Waals surface area contributed by atoms with Crippen LogP contribution in [0.15, 0.2) is 0 Å². The summed E-state index contributed by atoms with van der Waals surface area (Å²) < 4.78 is 5.62. The van der Waals surface area contributed by atoms with Crippen LogP contribution in [0.25, 0.3) is 0 Å². The molecule has 0 saturated carbocycles. The summed E-state index contributed by atoms with van der Waals surface area (Å²) >= 11 is 0. The average Bonchev–Trinajstić information content (AvgIpc) is 2.80. The molecule has 0 bridgehead atoms. The van der Waals surface area contributed by atoms with E-state index in [4.69, 9.17) is 4.74 Å². The summed E-state index contributed by atoms with van der Waals surface area (Å²) in [4.78, 5) is 26.2. The number of nitrogens with one attached hydrogen (secondary N) is 1. The zero-order chi connectivity index (χ0) is 14.0. The third kappa shape index (κ3) is 3.26. The molecule has 2 amide bonds. The van der Waals surface area contributed by atoms with Crippen LogP contribution >= 0.6 is 0 Å². The lowest BCUT2D eigenvalue weighted by Gasteiger charge is -2.31.